The van der Waals surface area contributed by atoms with Gasteiger partial charge in [-0.05, 0) is 37.7 Å². The second-order valence-electron chi connectivity index (χ2n) is 6.06. The Morgan fingerprint density at radius 3 is 2.76 bits per heavy atom. The summed E-state index contributed by atoms with van der Waals surface area (Å²) in [7, 11) is 0. The van der Waals surface area contributed by atoms with Crippen LogP contribution in [0, 0.1) is 16.0 Å². The Bertz CT molecular complexity index is 556. The summed E-state index contributed by atoms with van der Waals surface area (Å²) in [6.45, 7) is 0.780. The van der Waals surface area contributed by atoms with Crippen LogP contribution in [0.4, 0.5) is 5.69 Å². The highest BCUT2D eigenvalue weighted by molar-refractivity contribution is 5.95. The van der Waals surface area contributed by atoms with E-state index in [1.54, 1.807) is 12.1 Å². The molecule has 0 N–H and O–H groups in total. The van der Waals surface area contributed by atoms with Gasteiger partial charge in [-0.15, -0.1) is 0 Å². The van der Waals surface area contributed by atoms with Gasteiger partial charge in [-0.25, -0.2) is 0 Å². The number of amides is 1. The van der Waals surface area contributed by atoms with E-state index in [0.717, 1.165) is 19.4 Å². The zero-order valence-corrected chi connectivity index (χ0v) is 12.0. The number of carbonyl (C=O) groups excluding carboxylic acids is 1. The number of nitrogens with zero attached hydrogens (tertiary/aromatic N) is 2. The van der Waals surface area contributed by atoms with Gasteiger partial charge in [0.25, 0.3) is 11.6 Å². The zero-order valence-electron chi connectivity index (χ0n) is 12.0. The van der Waals surface area contributed by atoms with Gasteiger partial charge in [0, 0.05) is 30.3 Å². The Balaban J connectivity index is 1.83. The van der Waals surface area contributed by atoms with E-state index in [1.165, 1.54) is 37.8 Å². The first-order chi connectivity index (χ1) is 10.2. The molecular formula is C16H20N2O3. The monoisotopic (exact) mass is 288 g/mol. The molecule has 0 aromatic heterocycles. The van der Waals surface area contributed by atoms with Crippen molar-refractivity contribution in [3.05, 3.63) is 39.9 Å². The third-order valence-corrected chi connectivity index (χ3v) is 4.81. The van der Waals surface area contributed by atoms with Gasteiger partial charge in [0.05, 0.1) is 4.92 Å². The topological polar surface area (TPSA) is 63.4 Å². The van der Waals surface area contributed by atoms with Crippen molar-refractivity contribution in [3.63, 3.8) is 0 Å². The van der Waals surface area contributed by atoms with E-state index < -0.39 is 4.92 Å². The van der Waals surface area contributed by atoms with Crippen molar-refractivity contribution in [1.29, 1.82) is 0 Å². The Morgan fingerprint density at radius 2 is 1.95 bits per heavy atom. The molecule has 5 heteroatoms. The molecule has 5 nitrogen and oxygen atoms in total. The van der Waals surface area contributed by atoms with Crippen LogP contribution in [0.15, 0.2) is 24.3 Å². The van der Waals surface area contributed by atoms with E-state index in [9.17, 15) is 14.9 Å². The molecule has 112 valence electrons. The average Bonchev–Trinajstić information content (AvgIpc) is 2.53. The predicted octanol–water partition coefficient (Wildman–Crippen LogP) is 3.39. The number of carbonyl (C=O) groups is 1. The number of likely N-dealkylation sites (tertiary alicyclic amines) is 1. The number of hydrogen-bond donors (Lipinski definition) is 0. The summed E-state index contributed by atoms with van der Waals surface area (Å²) in [4.78, 5) is 25.1. The summed E-state index contributed by atoms with van der Waals surface area (Å²) in [5.74, 6) is 0.574. The molecule has 1 aromatic carbocycles. The van der Waals surface area contributed by atoms with Crippen LogP contribution in [-0.2, 0) is 0 Å². The molecule has 0 spiro atoms. The van der Waals surface area contributed by atoms with Gasteiger partial charge in [0.1, 0.15) is 0 Å². The lowest BCUT2D eigenvalue weighted by Gasteiger charge is -2.44. The third kappa shape index (κ3) is 2.77. The lowest BCUT2D eigenvalue weighted by atomic mass is 9.78. The highest BCUT2D eigenvalue weighted by Crippen LogP contribution is 2.36. The molecule has 1 saturated carbocycles. The van der Waals surface area contributed by atoms with E-state index >= 15 is 0 Å². The van der Waals surface area contributed by atoms with Crippen LogP contribution in [0.5, 0.6) is 0 Å². The summed E-state index contributed by atoms with van der Waals surface area (Å²) in [6, 6.07) is 6.43. The van der Waals surface area contributed by atoms with Crippen LogP contribution in [0.1, 0.15) is 48.9 Å². The zero-order chi connectivity index (χ0) is 14.8. The minimum Gasteiger partial charge on any atom is -0.335 e. The first-order valence-electron chi connectivity index (χ1n) is 7.72. The van der Waals surface area contributed by atoms with Crippen LogP contribution in [0.3, 0.4) is 0 Å². The maximum Gasteiger partial charge on any atom is 0.270 e. The number of rotatable bonds is 2. The molecule has 1 aromatic rings. The number of benzene rings is 1. The molecule has 1 aliphatic heterocycles. The summed E-state index contributed by atoms with van der Waals surface area (Å²) < 4.78 is 0. The normalized spacial score (nSPS) is 25.2. The second-order valence-corrected chi connectivity index (χ2v) is 6.06. The first kappa shape index (κ1) is 14.0. The van der Waals surface area contributed by atoms with Crippen molar-refractivity contribution >= 4 is 11.6 Å². The SMILES string of the molecule is O=C(c1cccc([N+](=O)[O-])c1)N1CCC[C@@H]2CCCC[C@@H]21. The molecule has 1 aliphatic carbocycles. The number of nitro groups is 1. The Kier molecular flexibility index (Phi) is 3.90. The highest BCUT2D eigenvalue weighted by atomic mass is 16.6. The van der Waals surface area contributed by atoms with E-state index in [4.69, 9.17) is 0 Å². The average molecular weight is 288 g/mol. The molecule has 0 bridgehead atoms. The van der Waals surface area contributed by atoms with Gasteiger partial charge in [-0.2, -0.15) is 0 Å². The van der Waals surface area contributed by atoms with Gasteiger partial charge in [-0.3, -0.25) is 14.9 Å². The lowest BCUT2D eigenvalue weighted by Crippen LogP contribution is -2.49. The quantitative estimate of drug-likeness (QED) is 0.619. The smallest absolute Gasteiger partial charge is 0.270 e. The third-order valence-electron chi connectivity index (χ3n) is 4.81. The summed E-state index contributed by atoms with van der Waals surface area (Å²) >= 11 is 0. The molecular weight excluding hydrogens is 268 g/mol. The van der Waals surface area contributed by atoms with E-state index in [1.807, 2.05) is 4.90 Å². The van der Waals surface area contributed by atoms with Crippen molar-refractivity contribution < 1.29 is 9.72 Å². The second kappa shape index (κ2) is 5.84. The van der Waals surface area contributed by atoms with Crippen molar-refractivity contribution in [1.82, 2.24) is 4.90 Å². The summed E-state index contributed by atoms with van der Waals surface area (Å²) in [5.41, 5.74) is 0.425. The van der Waals surface area contributed by atoms with Crippen LogP contribution >= 0.6 is 0 Å². The lowest BCUT2D eigenvalue weighted by molar-refractivity contribution is -0.384. The molecule has 3 rings (SSSR count). The Labute approximate surface area is 124 Å². The highest BCUT2D eigenvalue weighted by Gasteiger charge is 2.36. The minimum atomic E-state index is -0.448. The minimum absolute atomic E-state index is 0.0157. The number of nitro benzene ring substituents is 1. The number of non-ortho nitro benzene ring substituents is 1. The van der Waals surface area contributed by atoms with Gasteiger partial charge in [0.15, 0.2) is 0 Å². The Morgan fingerprint density at radius 1 is 1.19 bits per heavy atom. The fraction of sp³-hybridized carbons (Fsp3) is 0.562. The van der Waals surface area contributed by atoms with Crippen LogP contribution in [0.2, 0.25) is 0 Å². The van der Waals surface area contributed by atoms with E-state index in [0.29, 0.717) is 17.5 Å². The maximum atomic E-state index is 12.7. The van der Waals surface area contributed by atoms with Gasteiger partial charge in [0.2, 0.25) is 0 Å². The van der Waals surface area contributed by atoms with Gasteiger partial charge >= 0.3 is 0 Å². The molecule has 2 aliphatic rings. The number of fused-ring (bicyclic) bond motifs is 1. The number of hydrogen-bond acceptors (Lipinski definition) is 3. The van der Waals surface area contributed by atoms with Crippen LogP contribution in [0.25, 0.3) is 0 Å². The van der Waals surface area contributed by atoms with E-state index in [-0.39, 0.29) is 11.6 Å². The molecule has 0 unspecified atom stereocenters. The maximum absolute atomic E-state index is 12.7. The van der Waals surface area contributed by atoms with Crippen molar-refractivity contribution in [2.45, 2.75) is 44.6 Å². The van der Waals surface area contributed by atoms with Gasteiger partial charge in [-0.1, -0.05) is 18.9 Å². The molecule has 2 atom stereocenters. The summed E-state index contributed by atoms with van der Waals surface area (Å²) in [5, 5.41) is 10.9. The molecule has 0 radical (unpaired) electrons. The fourth-order valence-corrected chi connectivity index (χ4v) is 3.80. The molecule has 1 amide bonds. The molecule has 1 saturated heterocycles. The van der Waals surface area contributed by atoms with Crippen molar-refractivity contribution in [2.75, 3.05) is 6.54 Å². The number of piperidine rings is 1. The predicted molar refractivity (Wildman–Crippen MR) is 79.1 cm³/mol. The van der Waals surface area contributed by atoms with Crippen LogP contribution < -0.4 is 0 Å². The van der Waals surface area contributed by atoms with E-state index in [2.05, 4.69) is 0 Å². The molecule has 21 heavy (non-hydrogen) atoms. The first-order valence-corrected chi connectivity index (χ1v) is 7.72. The fourth-order valence-electron chi connectivity index (χ4n) is 3.80. The molecule has 1 heterocycles. The van der Waals surface area contributed by atoms with Crippen molar-refractivity contribution in [2.24, 2.45) is 5.92 Å². The van der Waals surface area contributed by atoms with Gasteiger partial charge < -0.3 is 4.90 Å². The standard InChI is InChI=1S/C16H20N2O3/c19-16(13-6-3-8-14(11-13)18(20)21)17-10-4-7-12-5-1-2-9-15(12)17/h3,6,8,11-12,15H,1-2,4-5,7,9-10H2/t12-,15-/m0/s1. The largest absolute Gasteiger partial charge is 0.335 e. The van der Waals surface area contributed by atoms with Crippen molar-refractivity contribution in [3.8, 4) is 0 Å². The molecule has 2 fully saturated rings. The summed E-state index contributed by atoms with van der Waals surface area (Å²) in [6.07, 6.45) is 6.99. The Hall–Kier alpha value is -1.91. The van der Waals surface area contributed by atoms with Crippen LogP contribution in [-0.4, -0.2) is 28.3 Å².